The number of fused-ring (bicyclic) bond motifs is 1. The second-order valence-corrected chi connectivity index (χ2v) is 5.81. The van der Waals surface area contributed by atoms with Crippen molar-refractivity contribution in [2.75, 3.05) is 13.2 Å². The van der Waals surface area contributed by atoms with E-state index in [1.807, 2.05) is 0 Å². The Hall–Kier alpha value is -1.65. The van der Waals surface area contributed by atoms with Crippen LogP contribution in [0.5, 0.6) is 0 Å². The molecule has 1 unspecified atom stereocenters. The Labute approximate surface area is 113 Å². The molecule has 0 aromatic rings. The van der Waals surface area contributed by atoms with Gasteiger partial charge in [-0.2, -0.15) is 0 Å². The van der Waals surface area contributed by atoms with E-state index in [0.29, 0.717) is 12.4 Å². The highest BCUT2D eigenvalue weighted by Gasteiger charge is 2.42. The predicted molar refractivity (Wildman–Crippen MR) is 71.7 cm³/mol. The molecule has 2 heterocycles. The Bertz CT molecular complexity index is 472. The van der Waals surface area contributed by atoms with Gasteiger partial charge in [-0.3, -0.25) is 4.79 Å². The molecule has 1 atom stereocenters. The highest BCUT2D eigenvalue weighted by molar-refractivity contribution is 6.11. The number of nitrogens with zero attached hydrogens (tertiary/aromatic N) is 2. The fraction of sp³-hybridized carbons (Fsp3) is 0.643. The van der Waals surface area contributed by atoms with Crippen molar-refractivity contribution in [3.05, 3.63) is 11.9 Å². The van der Waals surface area contributed by atoms with Crippen LogP contribution in [-0.2, 0) is 14.3 Å². The van der Waals surface area contributed by atoms with E-state index >= 15 is 0 Å². The Morgan fingerprint density at radius 1 is 1.53 bits per heavy atom. The van der Waals surface area contributed by atoms with Gasteiger partial charge in [0.05, 0.1) is 6.61 Å². The fourth-order valence-electron chi connectivity index (χ4n) is 2.34. The number of carbonyl (C=O) groups excluding carboxylic acids is 2. The first-order valence-electron chi connectivity index (χ1n) is 6.61. The lowest BCUT2D eigenvalue weighted by Gasteiger charge is -2.33. The van der Waals surface area contributed by atoms with Crippen molar-refractivity contribution in [3.8, 4) is 0 Å². The Balaban J connectivity index is 2.23. The molecule has 2 aliphatic rings. The topological polar surface area (TPSA) is 59.0 Å². The lowest BCUT2D eigenvalue weighted by atomic mass is 9.87. The maximum atomic E-state index is 11.9. The molecule has 0 radical (unpaired) electrons. The largest absolute Gasteiger partial charge is 0.464 e. The van der Waals surface area contributed by atoms with Gasteiger partial charge in [-0.15, -0.1) is 0 Å². The van der Waals surface area contributed by atoms with Crippen molar-refractivity contribution in [2.24, 2.45) is 10.4 Å². The predicted octanol–water partition coefficient (Wildman–Crippen LogP) is 1.53. The first-order chi connectivity index (χ1) is 8.84. The van der Waals surface area contributed by atoms with Gasteiger partial charge in [0.25, 0.3) is 0 Å². The summed E-state index contributed by atoms with van der Waals surface area (Å²) in [6.45, 7) is 8.95. The molecule has 0 bridgehead atoms. The zero-order valence-corrected chi connectivity index (χ0v) is 11.9. The van der Waals surface area contributed by atoms with Crippen molar-refractivity contribution in [2.45, 2.75) is 40.2 Å². The van der Waals surface area contributed by atoms with Crippen molar-refractivity contribution in [1.82, 2.24) is 4.90 Å². The van der Waals surface area contributed by atoms with Crippen LogP contribution in [0.4, 0.5) is 0 Å². The maximum Gasteiger partial charge on any atom is 0.337 e. The van der Waals surface area contributed by atoms with E-state index in [2.05, 4.69) is 25.8 Å². The number of esters is 1. The van der Waals surface area contributed by atoms with Crippen molar-refractivity contribution in [3.63, 3.8) is 0 Å². The third-order valence-corrected chi connectivity index (χ3v) is 3.36. The molecule has 0 saturated heterocycles. The lowest BCUT2D eigenvalue weighted by Crippen LogP contribution is -2.45. The minimum atomic E-state index is -0.833. The molecule has 2 aliphatic heterocycles. The van der Waals surface area contributed by atoms with Gasteiger partial charge in [0, 0.05) is 30.2 Å². The minimum absolute atomic E-state index is 0.0159. The molecule has 0 aromatic heterocycles. The second kappa shape index (κ2) is 4.79. The van der Waals surface area contributed by atoms with Gasteiger partial charge in [-0.1, -0.05) is 20.8 Å². The molecule has 5 nitrogen and oxygen atoms in total. The van der Waals surface area contributed by atoms with E-state index < -0.39 is 12.0 Å². The standard InChI is InChI=1S/C14H20N2O3/c1-5-19-13(18)12-9(17)8-11-15-10(14(2,3)4)6-7-16(11)12/h8,12H,5-7H2,1-4H3. The molecular formula is C14H20N2O3. The first-order valence-corrected chi connectivity index (χ1v) is 6.61. The maximum absolute atomic E-state index is 11.9. The number of hydrogen-bond acceptors (Lipinski definition) is 5. The molecule has 2 rings (SSSR count). The number of aliphatic imine (C=N–C) groups is 1. The molecule has 5 heteroatoms. The van der Waals surface area contributed by atoms with Crippen molar-refractivity contribution in [1.29, 1.82) is 0 Å². The molecule has 0 fully saturated rings. The summed E-state index contributed by atoms with van der Waals surface area (Å²) in [5.41, 5.74) is 1.05. The first kappa shape index (κ1) is 13.8. The van der Waals surface area contributed by atoms with E-state index in [1.165, 1.54) is 6.08 Å². The van der Waals surface area contributed by atoms with E-state index in [1.54, 1.807) is 11.8 Å². The van der Waals surface area contributed by atoms with Crippen LogP contribution in [0.1, 0.15) is 34.1 Å². The van der Waals surface area contributed by atoms with E-state index in [0.717, 1.165) is 12.1 Å². The molecule has 0 amide bonds. The average molecular weight is 264 g/mol. The molecule has 0 aromatic carbocycles. The van der Waals surface area contributed by atoms with Crippen LogP contribution in [0.3, 0.4) is 0 Å². The normalized spacial score (nSPS) is 22.8. The van der Waals surface area contributed by atoms with Gasteiger partial charge in [-0.05, 0) is 6.92 Å². The molecular weight excluding hydrogens is 244 g/mol. The second-order valence-electron chi connectivity index (χ2n) is 5.81. The molecule has 0 N–H and O–H groups in total. The molecule has 19 heavy (non-hydrogen) atoms. The van der Waals surface area contributed by atoms with Crippen LogP contribution >= 0.6 is 0 Å². The van der Waals surface area contributed by atoms with Gasteiger partial charge >= 0.3 is 5.97 Å². The summed E-state index contributed by atoms with van der Waals surface area (Å²) >= 11 is 0. The van der Waals surface area contributed by atoms with Crippen LogP contribution in [0.15, 0.2) is 16.9 Å². The van der Waals surface area contributed by atoms with E-state index in [4.69, 9.17) is 4.74 Å². The van der Waals surface area contributed by atoms with Crippen LogP contribution in [0, 0.1) is 5.41 Å². The third kappa shape index (κ3) is 2.55. The summed E-state index contributed by atoms with van der Waals surface area (Å²) in [5.74, 6) is -0.111. The van der Waals surface area contributed by atoms with Crippen molar-refractivity contribution >= 4 is 17.5 Å². The highest BCUT2D eigenvalue weighted by atomic mass is 16.5. The Kier molecular flexibility index (Phi) is 3.47. The van der Waals surface area contributed by atoms with Gasteiger partial charge in [0.2, 0.25) is 0 Å². The third-order valence-electron chi connectivity index (χ3n) is 3.36. The van der Waals surface area contributed by atoms with E-state index in [-0.39, 0.29) is 17.8 Å². The molecule has 0 aliphatic carbocycles. The Morgan fingerprint density at radius 3 is 2.79 bits per heavy atom. The number of ether oxygens (including phenoxy) is 1. The van der Waals surface area contributed by atoms with Crippen LogP contribution in [-0.4, -0.2) is 41.6 Å². The lowest BCUT2D eigenvalue weighted by molar-refractivity contribution is -0.150. The monoisotopic (exact) mass is 264 g/mol. The summed E-state index contributed by atoms with van der Waals surface area (Å²) < 4.78 is 4.96. The summed E-state index contributed by atoms with van der Waals surface area (Å²) in [6.07, 6.45) is 2.22. The number of carbonyl (C=O) groups is 2. The smallest absolute Gasteiger partial charge is 0.337 e. The zero-order valence-electron chi connectivity index (χ0n) is 11.9. The van der Waals surface area contributed by atoms with Gasteiger partial charge in [0.15, 0.2) is 11.8 Å². The number of ketones is 1. The Morgan fingerprint density at radius 2 is 2.21 bits per heavy atom. The summed E-state index contributed by atoms with van der Waals surface area (Å²) in [7, 11) is 0. The van der Waals surface area contributed by atoms with Crippen LogP contribution in [0.2, 0.25) is 0 Å². The zero-order chi connectivity index (χ0) is 14.2. The summed E-state index contributed by atoms with van der Waals surface area (Å²) in [6, 6.07) is -0.833. The number of rotatable bonds is 2. The quantitative estimate of drug-likeness (QED) is 0.560. The van der Waals surface area contributed by atoms with E-state index in [9.17, 15) is 9.59 Å². The molecule has 104 valence electrons. The van der Waals surface area contributed by atoms with Crippen LogP contribution in [0.25, 0.3) is 0 Å². The highest BCUT2D eigenvalue weighted by Crippen LogP contribution is 2.30. The number of hydrogen-bond donors (Lipinski definition) is 0. The molecule has 0 saturated carbocycles. The van der Waals surface area contributed by atoms with Crippen molar-refractivity contribution < 1.29 is 14.3 Å². The van der Waals surface area contributed by atoms with Gasteiger partial charge < -0.3 is 9.64 Å². The minimum Gasteiger partial charge on any atom is -0.464 e. The fourth-order valence-corrected chi connectivity index (χ4v) is 2.34. The van der Waals surface area contributed by atoms with Gasteiger partial charge in [-0.25, -0.2) is 9.79 Å². The SMILES string of the molecule is CCOC(=O)C1C(=O)C=C2N=C(C(C)(C)C)CCN21. The van der Waals surface area contributed by atoms with Gasteiger partial charge in [0.1, 0.15) is 5.82 Å². The summed E-state index contributed by atoms with van der Waals surface area (Å²) in [5, 5.41) is 0. The summed E-state index contributed by atoms with van der Waals surface area (Å²) in [4.78, 5) is 30.0. The average Bonchev–Trinajstić information content (AvgIpc) is 2.62. The molecule has 0 spiro atoms. The van der Waals surface area contributed by atoms with Crippen LogP contribution < -0.4 is 0 Å².